The summed E-state index contributed by atoms with van der Waals surface area (Å²) in [6.07, 6.45) is 2.06. The molecular weight excluding hydrogens is 310 g/mol. The number of benzene rings is 2. The summed E-state index contributed by atoms with van der Waals surface area (Å²) in [5.74, 6) is 1.56. The third-order valence-corrected chi connectivity index (χ3v) is 3.80. The van der Waals surface area contributed by atoms with Gasteiger partial charge in [-0.15, -0.1) is 12.4 Å². The van der Waals surface area contributed by atoms with Gasteiger partial charge in [0.05, 0.1) is 14.2 Å². The molecule has 0 saturated carbocycles. The number of hydrogen-bond acceptors (Lipinski definition) is 3. The van der Waals surface area contributed by atoms with Gasteiger partial charge in [0.1, 0.15) is 0 Å². The molecule has 126 valence electrons. The quantitative estimate of drug-likeness (QED) is 0.739. The van der Waals surface area contributed by atoms with Crippen molar-refractivity contribution in [3.05, 3.63) is 59.2 Å². The highest BCUT2D eigenvalue weighted by Gasteiger charge is 2.04. The first kappa shape index (κ1) is 19.3. The number of hydrogen-bond donors (Lipinski definition) is 1. The van der Waals surface area contributed by atoms with Gasteiger partial charge in [-0.05, 0) is 48.2 Å². The Labute approximate surface area is 145 Å². The molecule has 2 aromatic carbocycles. The summed E-state index contributed by atoms with van der Waals surface area (Å²) in [6, 6.07) is 14.9. The Morgan fingerprint density at radius 3 is 2.04 bits per heavy atom. The molecule has 0 aromatic heterocycles. The Kier molecular flexibility index (Phi) is 8.52. The highest BCUT2D eigenvalue weighted by molar-refractivity contribution is 5.85. The summed E-state index contributed by atoms with van der Waals surface area (Å²) in [6.45, 7) is 4.01. The minimum Gasteiger partial charge on any atom is -0.493 e. The lowest BCUT2D eigenvalue weighted by atomic mass is 10.1. The molecule has 0 aliphatic rings. The molecule has 0 unspecified atom stereocenters. The van der Waals surface area contributed by atoms with Gasteiger partial charge in [0, 0.05) is 6.54 Å². The average molecular weight is 336 g/mol. The van der Waals surface area contributed by atoms with Gasteiger partial charge in [-0.1, -0.05) is 37.3 Å². The molecule has 1 N–H and O–H groups in total. The minimum atomic E-state index is 0. The van der Waals surface area contributed by atoms with Crippen LogP contribution in [0.3, 0.4) is 0 Å². The van der Waals surface area contributed by atoms with Crippen LogP contribution in [0.4, 0.5) is 0 Å². The standard InChI is InChI=1S/C19H25NO2.ClH/c1-4-15-5-7-17(8-6-15)14-20-12-11-16-9-10-18(21-2)19(13-16)22-3;/h5-10,13,20H,4,11-12,14H2,1-3H3;1H. The molecule has 0 fully saturated rings. The third kappa shape index (κ3) is 5.77. The number of ether oxygens (including phenoxy) is 2. The van der Waals surface area contributed by atoms with E-state index in [2.05, 4.69) is 42.6 Å². The van der Waals surface area contributed by atoms with E-state index in [0.29, 0.717) is 0 Å². The van der Waals surface area contributed by atoms with E-state index in [1.165, 1.54) is 16.7 Å². The number of aryl methyl sites for hydroxylation is 1. The van der Waals surface area contributed by atoms with Crippen molar-refractivity contribution < 1.29 is 9.47 Å². The van der Waals surface area contributed by atoms with Gasteiger partial charge in [-0.2, -0.15) is 0 Å². The molecule has 0 radical (unpaired) electrons. The predicted molar refractivity (Wildman–Crippen MR) is 98.0 cm³/mol. The Morgan fingerprint density at radius 1 is 0.826 bits per heavy atom. The molecule has 0 heterocycles. The lowest BCUT2D eigenvalue weighted by Crippen LogP contribution is -2.16. The van der Waals surface area contributed by atoms with Crippen molar-refractivity contribution in [1.29, 1.82) is 0 Å². The molecule has 0 atom stereocenters. The fraction of sp³-hybridized carbons (Fsp3) is 0.368. The van der Waals surface area contributed by atoms with Gasteiger partial charge in [0.15, 0.2) is 11.5 Å². The van der Waals surface area contributed by atoms with Crippen molar-refractivity contribution in [2.24, 2.45) is 0 Å². The number of nitrogens with one attached hydrogen (secondary N) is 1. The van der Waals surface area contributed by atoms with E-state index in [9.17, 15) is 0 Å². The van der Waals surface area contributed by atoms with Crippen LogP contribution in [0.15, 0.2) is 42.5 Å². The van der Waals surface area contributed by atoms with Crippen LogP contribution in [0, 0.1) is 0 Å². The highest BCUT2D eigenvalue weighted by atomic mass is 35.5. The molecule has 23 heavy (non-hydrogen) atoms. The maximum atomic E-state index is 5.33. The summed E-state index contributed by atoms with van der Waals surface area (Å²) >= 11 is 0. The predicted octanol–water partition coefficient (Wildman–Crippen LogP) is 4.02. The first-order valence-corrected chi connectivity index (χ1v) is 7.76. The van der Waals surface area contributed by atoms with Gasteiger partial charge in [0.25, 0.3) is 0 Å². The lowest BCUT2D eigenvalue weighted by Gasteiger charge is -2.10. The third-order valence-electron chi connectivity index (χ3n) is 3.80. The summed E-state index contributed by atoms with van der Waals surface area (Å²) < 4.78 is 10.6. The lowest BCUT2D eigenvalue weighted by molar-refractivity contribution is 0.354. The molecule has 0 aliphatic heterocycles. The van der Waals surface area contributed by atoms with E-state index in [1.807, 2.05) is 12.1 Å². The monoisotopic (exact) mass is 335 g/mol. The smallest absolute Gasteiger partial charge is 0.160 e. The molecule has 2 aromatic rings. The SMILES string of the molecule is CCc1ccc(CNCCc2ccc(OC)c(OC)c2)cc1.Cl. The second kappa shape index (κ2) is 10.1. The van der Waals surface area contributed by atoms with Crippen LogP contribution in [0.2, 0.25) is 0 Å². The second-order valence-electron chi connectivity index (χ2n) is 5.29. The van der Waals surface area contributed by atoms with Crippen LogP contribution >= 0.6 is 12.4 Å². The fourth-order valence-electron chi connectivity index (χ4n) is 2.39. The van der Waals surface area contributed by atoms with E-state index in [-0.39, 0.29) is 12.4 Å². The molecule has 0 bridgehead atoms. The first-order valence-electron chi connectivity index (χ1n) is 7.76. The zero-order valence-corrected chi connectivity index (χ0v) is 14.9. The largest absolute Gasteiger partial charge is 0.493 e. The molecule has 0 saturated heterocycles. The summed E-state index contributed by atoms with van der Waals surface area (Å²) in [4.78, 5) is 0. The van der Waals surface area contributed by atoms with E-state index < -0.39 is 0 Å². The Morgan fingerprint density at radius 2 is 1.43 bits per heavy atom. The van der Waals surface area contributed by atoms with Crippen LogP contribution in [0.5, 0.6) is 11.5 Å². The van der Waals surface area contributed by atoms with Crippen LogP contribution in [-0.2, 0) is 19.4 Å². The summed E-state index contributed by atoms with van der Waals surface area (Å²) in [7, 11) is 3.32. The Bertz CT molecular complexity index is 584. The van der Waals surface area contributed by atoms with Crippen molar-refractivity contribution in [1.82, 2.24) is 5.32 Å². The molecular formula is C19H26ClNO2. The van der Waals surface area contributed by atoms with Gasteiger partial charge in [-0.25, -0.2) is 0 Å². The normalized spacial score (nSPS) is 10.0. The molecule has 0 aliphatic carbocycles. The van der Waals surface area contributed by atoms with E-state index in [0.717, 1.165) is 37.4 Å². The van der Waals surface area contributed by atoms with Gasteiger partial charge < -0.3 is 14.8 Å². The summed E-state index contributed by atoms with van der Waals surface area (Å²) in [5.41, 5.74) is 3.95. The van der Waals surface area contributed by atoms with Crippen molar-refractivity contribution in [3.63, 3.8) is 0 Å². The Balaban J connectivity index is 0.00000264. The highest BCUT2D eigenvalue weighted by Crippen LogP contribution is 2.27. The molecule has 2 rings (SSSR count). The van der Waals surface area contributed by atoms with Gasteiger partial charge >= 0.3 is 0 Å². The topological polar surface area (TPSA) is 30.5 Å². The van der Waals surface area contributed by atoms with E-state index in [4.69, 9.17) is 9.47 Å². The van der Waals surface area contributed by atoms with Crippen LogP contribution in [0.1, 0.15) is 23.6 Å². The van der Waals surface area contributed by atoms with E-state index >= 15 is 0 Å². The van der Waals surface area contributed by atoms with E-state index in [1.54, 1.807) is 14.2 Å². The maximum Gasteiger partial charge on any atom is 0.160 e. The van der Waals surface area contributed by atoms with Crippen molar-refractivity contribution in [3.8, 4) is 11.5 Å². The molecule has 4 heteroatoms. The van der Waals surface area contributed by atoms with Crippen molar-refractivity contribution in [2.45, 2.75) is 26.3 Å². The number of rotatable bonds is 8. The first-order chi connectivity index (χ1) is 10.8. The zero-order chi connectivity index (χ0) is 15.8. The van der Waals surface area contributed by atoms with Crippen LogP contribution in [0.25, 0.3) is 0 Å². The minimum absolute atomic E-state index is 0. The van der Waals surface area contributed by atoms with Crippen LogP contribution < -0.4 is 14.8 Å². The number of methoxy groups -OCH3 is 2. The van der Waals surface area contributed by atoms with Gasteiger partial charge in [0.2, 0.25) is 0 Å². The molecule has 0 spiro atoms. The average Bonchev–Trinajstić information content (AvgIpc) is 2.59. The van der Waals surface area contributed by atoms with Crippen molar-refractivity contribution in [2.75, 3.05) is 20.8 Å². The second-order valence-corrected chi connectivity index (χ2v) is 5.29. The zero-order valence-electron chi connectivity index (χ0n) is 14.1. The molecule has 3 nitrogen and oxygen atoms in total. The van der Waals surface area contributed by atoms with Crippen molar-refractivity contribution >= 4 is 12.4 Å². The van der Waals surface area contributed by atoms with Gasteiger partial charge in [-0.3, -0.25) is 0 Å². The summed E-state index contributed by atoms with van der Waals surface area (Å²) in [5, 5.41) is 3.48. The maximum absolute atomic E-state index is 5.33. The Hall–Kier alpha value is -1.71. The fourth-order valence-corrected chi connectivity index (χ4v) is 2.39. The molecule has 0 amide bonds. The number of halogens is 1. The van der Waals surface area contributed by atoms with Crippen LogP contribution in [-0.4, -0.2) is 20.8 Å².